The monoisotopic (exact) mass is 220 g/mol. The van der Waals surface area contributed by atoms with Crippen molar-refractivity contribution in [3.8, 4) is 0 Å². The molecule has 86 valence electrons. The van der Waals surface area contributed by atoms with Crippen molar-refractivity contribution in [2.24, 2.45) is 5.73 Å². The zero-order valence-corrected chi connectivity index (χ0v) is 9.54. The molecular formula is C12H16N2O2. The summed E-state index contributed by atoms with van der Waals surface area (Å²) in [5, 5.41) is 2.57. The van der Waals surface area contributed by atoms with Crippen LogP contribution in [0.4, 0.5) is 5.69 Å². The Kier molecular flexibility index (Phi) is 4.05. The molecule has 0 spiro atoms. The molecule has 3 N–H and O–H groups in total. The molecule has 0 aliphatic rings. The van der Waals surface area contributed by atoms with Crippen molar-refractivity contribution < 1.29 is 9.59 Å². The Morgan fingerprint density at radius 1 is 1.19 bits per heavy atom. The number of carbonyl (C=O) groups excluding carboxylic acids is 2. The predicted octanol–water partition coefficient (Wildman–Crippen LogP) is 1.24. The maximum atomic E-state index is 11.3. The molecule has 0 fully saturated rings. The first-order valence-corrected chi connectivity index (χ1v) is 5.31. The second kappa shape index (κ2) is 5.30. The molecule has 0 aliphatic heterocycles. The minimum atomic E-state index is -0.965. The van der Waals surface area contributed by atoms with E-state index >= 15 is 0 Å². The second-order valence-electron chi connectivity index (χ2n) is 3.48. The van der Waals surface area contributed by atoms with Gasteiger partial charge in [0.1, 0.15) is 0 Å². The van der Waals surface area contributed by atoms with Crippen molar-refractivity contribution in [1.29, 1.82) is 0 Å². The van der Waals surface area contributed by atoms with E-state index in [4.69, 9.17) is 5.73 Å². The molecule has 1 rings (SSSR count). The number of aryl methyl sites for hydroxylation is 2. The molecule has 4 nitrogen and oxygen atoms in total. The fourth-order valence-corrected chi connectivity index (χ4v) is 1.58. The molecular weight excluding hydrogens is 204 g/mol. The van der Waals surface area contributed by atoms with Crippen LogP contribution in [0.15, 0.2) is 18.2 Å². The Labute approximate surface area is 94.8 Å². The summed E-state index contributed by atoms with van der Waals surface area (Å²) in [6.45, 7) is 3.99. The van der Waals surface area contributed by atoms with Gasteiger partial charge in [-0.3, -0.25) is 9.59 Å². The number of carbonyl (C=O) groups is 2. The third-order valence-electron chi connectivity index (χ3n) is 2.46. The molecule has 0 unspecified atom stereocenters. The summed E-state index contributed by atoms with van der Waals surface area (Å²) in [5.41, 5.74) is 7.65. The van der Waals surface area contributed by atoms with Gasteiger partial charge in [-0.1, -0.05) is 32.0 Å². The number of anilines is 1. The van der Waals surface area contributed by atoms with Gasteiger partial charge in [0.05, 0.1) is 0 Å². The lowest BCUT2D eigenvalue weighted by molar-refractivity contribution is -0.134. The highest BCUT2D eigenvalue weighted by molar-refractivity contribution is 6.39. The molecule has 0 saturated heterocycles. The van der Waals surface area contributed by atoms with Gasteiger partial charge in [-0.15, -0.1) is 0 Å². The largest absolute Gasteiger partial charge is 0.361 e. The molecule has 0 aliphatic carbocycles. The van der Waals surface area contributed by atoms with E-state index in [1.807, 2.05) is 32.0 Å². The van der Waals surface area contributed by atoms with Gasteiger partial charge in [0.25, 0.3) is 0 Å². The molecule has 0 heterocycles. The highest BCUT2D eigenvalue weighted by atomic mass is 16.2. The van der Waals surface area contributed by atoms with Crippen LogP contribution in [0, 0.1) is 0 Å². The maximum absolute atomic E-state index is 11.3. The third-order valence-corrected chi connectivity index (χ3v) is 2.46. The average molecular weight is 220 g/mol. The molecule has 16 heavy (non-hydrogen) atoms. The summed E-state index contributed by atoms with van der Waals surface area (Å²) in [5.74, 6) is -1.73. The van der Waals surface area contributed by atoms with E-state index in [9.17, 15) is 9.59 Å². The number of hydrogen-bond acceptors (Lipinski definition) is 2. The standard InChI is InChI=1S/C12H16N2O2/c1-3-8-6-5-7-9(4-2)10(8)14-12(16)11(13)15/h5-7H,3-4H2,1-2H3,(H2,13,15)(H,14,16). The van der Waals surface area contributed by atoms with E-state index in [0.717, 1.165) is 29.7 Å². The number of rotatable bonds is 3. The van der Waals surface area contributed by atoms with Gasteiger partial charge in [-0.05, 0) is 24.0 Å². The fraction of sp³-hybridized carbons (Fsp3) is 0.333. The van der Waals surface area contributed by atoms with Gasteiger partial charge >= 0.3 is 11.8 Å². The van der Waals surface area contributed by atoms with Crippen LogP contribution in [0.1, 0.15) is 25.0 Å². The van der Waals surface area contributed by atoms with E-state index in [-0.39, 0.29) is 0 Å². The van der Waals surface area contributed by atoms with Gasteiger partial charge in [-0.25, -0.2) is 0 Å². The van der Waals surface area contributed by atoms with E-state index in [1.54, 1.807) is 0 Å². The summed E-state index contributed by atoms with van der Waals surface area (Å²) in [4.78, 5) is 22.0. The first-order valence-electron chi connectivity index (χ1n) is 5.31. The minimum Gasteiger partial charge on any atom is -0.361 e. The highest BCUT2D eigenvalue weighted by Gasteiger charge is 2.13. The van der Waals surface area contributed by atoms with E-state index in [2.05, 4.69) is 5.32 Å². The number of nitrogens with one attached hydrogen (secondary N) is 1. The fourth-order valence-electron chi connectivity index (χ4n) is 1.58. The van der Waals surface area contributed by atoms with Crippen molar-refractivity contribution >= 4 is 17.5 Å². The first-order chi connectivity index (χ1) is 7.60. The molecule has 1 aromatic carbocycles. The molecule has 0 radical (unpaired) electrons. The van der Waals surface area contributed by atoms with Gasteiger partial charge in [0.15, 0.2) is 0 Å². The van der Waals surface area contributed by atoms with Crippen molar-refractivity contribution in [2.75, 3.05) is 5.32 Å². The van der Waals surface area contributed by atoms with Crippen molar-refractivity contribution in [2.45, 2.75) is 26.7 Å². The topological polar surface area (TPSA) is 72.2 Å². The lowest BCUT2D eigenvalue weighted by Crippen LogP contribution is -2.30. The Morgan fingerprint density at radius 2 is 1.69 bits per heavy atom. The van der Waals surface area contributed by atoms with Gasteiger partial charge in [0.2, 0.25) is 0 Å². The number of hydrogen-bond donors (Lipinski definition) is 2. The van der Waals surface area contributed by atoms with E-state index in [0.29, 0.717) is 0 Å². The van der Waals surface area contributed by atoms with Crippen LogP contribution in [-0.4, -0.2) is 11.8 Å². The van der Waals surface area contributed by atoms with Crippen LogP contribution in [0.2, 0.25) is 0 Å². The summed E-state index contributed by atoms with van der Waals surface area (Å²) >= 11 is 0. The molecule has 1 aromatic rings. The summed E-state index contributed by atoms with van der Waals surface area (Å²) in [6.07, 6.45) is 1.59. The van der Waals surface area contributed by atoms with Gasteiger partial charge < -0.3 is 11.1 Å². The number of benzene rings is 1. The zero-order chi connectivity index (χ0) is 12.1. The minimum absolute atomic E-state index is 0.719. The molecule has 0 atom stereocenters. The number of para-hydroxylation sites is 1. The average Bonchev–Trinajstić information content (AvgIpc) is 2.29. The molecule has 0 bridgehead atoms. The van der Waals surface area contributed by atoms with E-state index < -0.39 is 11.8 Å². The number of nitrogens with two attached hydrogens (primary N) is 1. The Hall–Kier alpha value is -1.84. The highest BCUT2D eigenvalue weighted by Crippen LogP contribution is 2.22. The molecule has 4 heteroatoms. The lowest BCUT2D eigenvalue weighted by atomic mass is 10.0. The third kappa shape index (κ3) is 2.59. The molecule has 2 amide bonds. The normalized spacial score (nSPS) is 9.88. The van der Waals surface area contributed by atoms with Gasteiger partial charge in [-0.2, -0.15) is 0 Å². The Balaban J connectivity index is 3.09. The van der Waals surface area contributed by atoms with Crippen LogP contribution >= 0.6 is 0 Å². The van der Waals surface area contributed by atoms with Crippen LogP contribution in [0.5, 0.6) is 0 Å². The molecule has 0 saturated carbocycles. The summed E-state index contributed by atoms with van der Waals surface area (Å²) in [6, 6.07) is 5.79. The van der Waals surface area contributed by atoms with Crippen LogP contribution in [0.3, 0.4) is 0 Å². The van der Waals surface area contributed by atoms with Crippen molar-refractivity contribution in [1.82, 2.24) is 0 Å². The van der Waals surface area contributed by atoms with Crippen LogP contribution < -0.4 is 11.1 Å². The summed E-state index contributed by atoms with van der Waals surface area (Å²) < 4.78 is 0. The van der Waals surface area contributed by atoms with Crippen LogP contribution in [0.25, 0.3) is 0 Å². The van der Waals surface area contributed by atoms with Crippen molar-refractivity contribution in [3.05, 3.63) is 29.3 Å². The van der Waals surface area contributed by atoms with Crippen LogP contribution in [-0.2, 0) is 22.4 Å². The zero-order valence-electron chi connectivity index (χ0n) is 9.54. The SMILES string of the molecule is CCc1cccc(CC)c1NC(=O)C(N)=O. The van der Waals surface area contributed by atoms with E-state index in [1.165, 1.54) is 0 Å². The predicted molar refractivity (Wildman–Crippen MR) is 63.0 cm³/mol. The first kappa shape index (κ1) is 12.2. The summed E-state index contributed by atoms with van der Waals surface area (Å²) in [7, 11) is 0. The quantitative estimate of drug-likeness (QED) is 0.752. The maximum Gasteiger partial charge on any atom is 0.313 e. The Bertz CT molecular complexity index is 391. The molecule has 0 aromatic heterocycles. The smallest absolute Gasteiger partial charge is 0.313 e. The van der Waals surface area contributed by atoms with Gasteiger partial charge in [0, 0.05) is 5.69 Å². The Morgan fingerprint density at radius 3 is 2.06 bits per heavy atom. The number of amides is 2. The van der Waals surface area contributed by atoms with Crippen molar-refractivity contribution in [3.63, 3.8) is 0 Å². The second-order valence-corrected chi connectivity index (χ2v) is 3.48. The number of primary amides is 1. The lowest BCUT2D eigenvalue weighted by Gasteiger charge is -2.13.